The van der Waals surface area contributed by atoms with E-state index in [9.17, 15) is 10.2 Å². The fraction of sp³-hybridized carbons (Fsp3) is 0. The first-order valence-electron chi connectivity index (χ1n) is 7.68. The third kappa shape index (κ3) is 4.54. The van der Waals surface area contributed by atoms with Gasteiger partial charge >= 0.3 is 0 Å². The minimum absolute atomic E-state index is 0.140. The first-order chi connectivity index (χ1) is 12.7. The minimum atomic E-state index is 0.140. The average molecular weight is 348 g/mol. The van der Waals surface area contributed by atoms with Crippen molar-refractivity contribution >= 4 is 24.1 Å². The number of anilines is 2. The second-order valence-corrected chi connectivity index (χ2v) is 5.15. The summed E-state index contributed by atoms with van der Waals surface area (Å²) in [5.74, 6) is 1.18. The molecule has 0 atom stereocenters. The Bertz CT molecular complexity index is 869. The van der Waals surface area contributed by atoms with Crippen LogP contribution in [0.3, 0.4) is 0 Å². The summed E-state index contributed by atoms with van der Waals surface area (Å²) < 4.78 is 0. The molecule has 0 bridgehead atoms. The average Bonchev–Trinajstić information content (AvgIpc) is 2.65. The van der Waals surface area contributed by atoms with E-state index in [0.29, 0.717) is 22.8 Å². The number of aromatic hydroxyl groups is 2. The van der Waals surface area contributed by atoms with Crippen molar-refractivity contribution in [3.8, 4) is 11.5 Å². The first-order valence-corrected chi connectivity index (χ1v) is 7.68. The molecule has 8 heteroatoms. The van der Waals surface area contributed by atoms with Crippen molar-refractivity contribution in [1.29, 1.82) is 0 Å². The van der Waals surface area contributed by atoms with Gasteiger partial charge in [-0.2, -0.15) is 10.2 Å². The fourth-order valence-corrected chi connectivity index (χ4v) is 2.01. The molecule has 0 aliphatic carbocycles. The van der Waals surface area contributed by atoms with Crippen LogP contribution in [0.2, 0.25) is 0 Å². The highest BCUT2D eigenvalue weighted by atomic mass is 16.3. The topological polar surface area (TPSA) is 115 Å². The number of hydrazone groups is 2. The van der Waals surface area contributed by atoms with E-state index in [0.717, 1.165) is 0 Å². The smallest absolute Gasteiger partial charge is 0.151 e. The van der Waals surface area contributed by atoms with E-state index in [1.165, 1.54) is 18.8 Å². The Labute approximate surface area is 149 Å². The largest absolute Gasteiger partial charge is 0.507 e. The Kier molecular flexibility index (Phi) is 5.36. The van der Waals surface area contributed by atoms with Gasteiger partial charge in [0.15, 0.2) is 11.6 Å². The number of phenols is 2. The fourth-order valence-electron chi connectivity index (χ4n) is 2.01. The van der Waals surface area contributed by atoms with Gasteiger partial charge in [-0.05, 0) is 24.3 Å². The van der Waals surface area contributed by atoms with Crippen molar-refractivity contribution in [2.45, 2.75) is 0 Å². The summed E-state index contributed by atoms with van der Waals surface area (Å²) in [7, 11) is 0. The summed E-state index contributed by atoms with van der Waals surface area (Å²) in [5.41, 5.74) is 6.67. The van der Waals surface area contributed by atoms with E-state index in [4.69, 9.17) is 0 Å². The number of hydrogen-bond acceptors (Lipinski definition) is 8. The Morgan fingerprint density at radius 1 is 0.731 bits per heavy atom. The summed E-state index contributed by atoms with van der Waals surface area (Å²) in [6.07, 6.45) is 4.33. The molecule has 3 aromatic rings. The lowest BCUT2D eigenvalue weighted by atomic mass is 10.2. The summed E-state index contributed by atoms with van der Waals surface area (Å²) in [4.78, 5) is 8.09. The molecule has 0 aliphatic rings. The Morgan fingerprint density at radius 3 is 1.65 bits per heavy atom. The monoisotopic (exact) mass is 348 g/mol. The molecule has 130 valence electrons. The molecule has 0 spiro atoms. The van der Waals surface area contributed by atoms with Crippen molar-refractivity contribution < 1.29 is 10.2 Å². The lowest BCUT2D eigenvalue weighted by Gasteiger charge is -2.03. The van der Waals surface area contributed by atoms with E-state index in [1.54, 1.807) is 54.6 Å². The van der Waals surface area contributed by atoms with Gasteiger partial charge in [0.1, 0.15) is 17.8 Å². The molecule has 0 radical (unpaired) electrons. The van der Waals surface area contributed by atoms with Gasteiger partial charge in [0.2, 0.25) is 0 Å². The highest BCUT2D eigenvalue weighted by molar-refractivity contribution is 5.84. The zero-order valence-corrected chi connectivity index (χ0v) is 13.6. The number of aromatic nitrogens is 2. The van der Waals surface area contributed by atoms with Gasteiger partial charge in [-0.1, -0.05) is 24.3 Å². The molecule has 0 amide bonds. The summed E-state index contributed by atoms with van der Waals surface area (Å²) >= 11 is 0. The van der Waals surface area contributed by atoms with Gasteiger partial charge in [-0.15, -0.1) is 0 Å². The number of nitrogens with zero attached hydrogens (tertiary/aromatic N) is 4. The number of benzene rings is 2. The van der Waals surface area contributed by atoms with E-state index < -0.39 is 0 Å². The molecule has 3 rings (SSSR count). The molecule has 0 saturated carbocycles. The van der Waals surface area contributed by atoms with Crippen LogP contribution in [0.4, 0.5) is 11.6 Å². The molecule has 1 aromatic heterocycles. The standard InChI is InChI=1S/C18H16N6O2/c25-15-7-3-1-5-13(15)10-21-23-17-9-18(20-12-19-17)24-22-11-14-6-2-4-8-16(14)26/h1-12,25-26H,(H2,19,20,23,24)/b21-10+,22-11+. The maximum absolute atomic E-state index is 9.67. The molecule has 0 saturated heterocycles. The highest BCUT2D eigenvalue weighted by Crippen LogP contribution is 2.14. The molecule has 8 nitrogen and oxygen atoms in total. The third-order valence-electron chi connectivity index (χ3n) is 3.31. The van der Waals surface area contributed by atoms with Crippen molar-refractivity contribution in [2.24, 2.45) is 10.2 Å². The second-order valence-electron chi connectivity index (χ2n) is 5.15. The summed E-state index contributed by atoms with van der Waals surface area (Å²) in [6.45, 7) is 0. The molecule has 4 N–H and O–H groups in total. The SMILES string of the molecule is Oc1ccccc1/C=N/Nc1cc(N/N=C/c2ccccc2O)ncn1. The van der Waals surface area contributed by atoms with E-state index >= 15 is 0 Å². The van der Waals surface area contributed by atoms with Crippen LogP contribution >= 0.6 is 0 Å². The van der Waals surface area contributed by atoms with Gasteiger partial charge in [0.05, 0.1) is 12.4 Å². The molecular weight excluding hydrogens is 332 g/mol. The highest BCUT2D eigenvalue weighted by Gasteiger charge is 1.98. The van der Waals surface area contributed by atoms with Crippen LogP contribution in [0.5, 0.6) is 11.5 Å². The molecule has 0 fully saturated rings. The van der Waals surface area contributed by atoms with Crippen LogP contribution in [0.15, 0.2) is 71.1 Å². The van der Waals surface area contributed by atoms with Crippen molar-refractivity contribution in [1.82, 2.24) is 9.97 Å². The number of para-hydroxylation sites is 2. The number of nitrogens with one attached hydrogen (secondary N) is 2. The zero-order valence-electron chi connectivity index (χ0n) is 13.6. The van der Waals surface area contributed by atoms with Gasteiger partial charge in [-0.3, -0.25) is 10.9 Å². The van der Waals surface area contributed by atoms with Crippen molar-refractivity contribution in [3.05, 3.63) is 72.1 Å². The lowest BCUT2D eigenvalue weighted by Crippen LogP contribution is -1.98. The van der Waals surface area contributed by atoms with Crippen LogP contribution in [0.25, 0.3) is 0 Å². The van der Waals surface area contributed by atoms with E-state index in [1.807, 2.05) is 0 Å². The van der Waals surface area contributed by atoms with Crippen molar-refractivity contribution in [3.63, 3.8) is 0 Å². The van der Waals surface area contributed by atoms with Gasteiger partial charge in [0, 0.05) is 17.2 Å². The second kappa shape index (κ2) is 8.25. The van der Waals surface area contributed by atoms with Crippen LogP contribution in [-0.4, -0.2) is 32.6 Å². The molecule has 2 aromatic carbocycles. The zero-order chi connectivity index (χ0) is 18.2. The Balaban J connectivity index is 1.61. The van der Waals surface area contributed by atoms with Crippen LogP contribution in [-0.2, 0) is 0 Å². The third-order valence-corrected chi connectivity index (χ3v) is 3.31. The lowest BCUT2D eigenvalue weighted by molar-refractivity contribution is 0.474. The van der Waals surface area contributed by atoms with Crippen LogP contribution < -0.4 is 10.9 Å². The molecule has 1 heterocycles. The number of phenolic OH excluding ortho intramolecular Hbond substituents is 2. The molecule has 26 heavy (non-hydrogen) atoms. The Hall–Kier alpha value is -3.94. The van der Waals surface area contributed by atoms with E-state index in [2.05, 4.69) is 31.0 Å². The molecular formula is C18H16N6O2. The number of rotatable bonds is 6. The van der Waals surface area contributed by atoms with Crippen LogP contribution in [0, 0.1) is 0 Å². The molecule has 0 unspecified atom stereocenters. The van der Waals surface area contributed by atoms with E-state index in [-0.39, 0.29) is 11.5 Å². The van der Waals surface area contributed by atoms with Crippen molar-refractivity contribution in [2.75, 3.05) is 10.9 Å². The summed E-state index contributed by atoms with van der Waals surface area (Å²) in [6, 6.07) is 15.3. The van der Waals surface area contributed by atoms with Gasteiger partial charge in [-0.25, -0.2) is 9.97 Å². The number of hydrogen-bond donors (Lipinski definition) is 4. The molecule has 0 aliphatic heterocycles. The maximum Gasteiger partial charge on any atom is 0.151 e. The normalized spacial score (nSPS) is 11.1. The summed E-state index contributed by atoms with van der Waals surface area (Å²) in [5, 5.41) is 27.4. The van der Waals surface area contributed by atoms with Crippen LogP contribution in [0.1, 0.15) is 11.1 Å². The predicted molar refractivity (Wildman–Crippen MR) is 101 cm³/mol. The first kappa shape index (κ1) is 16.9. The maximum atomic E-state index is 9.67. The quantitative estimate of drug-likeness (QED) is 0.402. The van der Waals surface area contributed by atoms with Gasteiger partial charge < -0.3 is 10.2 Å². The van der Waals surface area contributed by atoms with Gasteiger partial charge in [0.25, 0.3) is 0 Å². The minimum Gasteiger partial charge on any atom is -0.507 e. The Morgan fingerprint density at radius 2 is 1.19 bits per heavy atom. The predicted octanol–water partition coefficient (Wildman–Crippen LogP) is 2.78.